The van der Waals surface area contributed by atoms with Gasteiger partial charge in [0.05, 0.1) is 12.9 Å². The summed E-state index contributed by atoms with van der Waals surface area (Å²) in [6.07, 6.45) is -5.65. The van der Waals surface area contributed by atoms with Crippen molar-refractivity contribution >= 4 is 22.8 Å². The Kier molecular flexibility index (Phi) is 3.89. The van der Waals surface area contributed by atoms with E-state index in [0.29, 0.717) is 0 Å². The van der Waals surface area contributed by atoms with Gasteiger partial charge in [-0.3, -0.25) is 14.3 Å². The zero-order valence-corrected chi connectivity index (χ0v) is 11.8. The third-order valence-corrected chi connectivity index (χ3v) is 3.72. The third kappa shape index (κ3) is 2.29. The number of aliphatic hydroxyl groups excluding tert-OH is 4. The zero-order valence-electron chi connectivity index (χ0n) is 11.0. The summed E-state index contributed by atoms with van der Waals surface area (Å²) in [5.74, 6) is 0. The summed E-state index contributed by atoms with van der Waals surface area (Å²) in [5.41, 5.74) is -0.558. The van der Waals surface area contributed by atoms with Crippen LogP contribution < -0.4 is 5.56 Å². The highest BCUT2D eigenvalue weighted by atomic mass is 35.5. The van der Waals surface area contributed by atoms with Gasteiger partial charge < -0.3 is 25.2 Å². The Morgan fingerprint density at radius 1 is 1.32 bits per heavy atom. The van der Waals surface area contributed by atoms with Crippen LogP contribution in [0, 0.1) is 0 Å². The highest BCUT2D eigenvalue weighted by Crippen LogP contribution is 2.29. The average Bonchev–Trinajstić information content (AvgIpc) is 2.89. The molecular formula is C11H13ClN4O6. The number of aliphatic hydroxyl groups is 4. The number of imidazole rings is 1. The molecule has 120 valence electrons. The predicted octanol–water partition coefficient (Wildman–Crippen LogP) is -2.25. The van der Waals surface area contributed by atoms with E-state index in [1.165, 1.54) is 10.9 Å². The third-order valence-electron chi connectivity index (χ3n) is 3.54. The number of hydrogen-bond acceptors (Lipinski definition) is 8. The van der Waals surface area contributed by atoms with E-state index in [1.54, 1.807) is 0 Å². The lowest BCUT2D eigenvalue weighted by atomic mass is 9.98. The molecule has 0 saturated carbocycles. The molecule has 0 bridgehead atoms. The summed E-state index contributed by atoms with van der Waals surface area (Å²) in [5, 5.41) is 38.7. The number of nitrogens with one attached hydrogen (secondary N) is 1. The summed E-state index contributed by atoms with van der Waals surface area (Å²) in [6.45, 7) is -0.567. The molecule has 22 heavy (non-hydrogen) atoms. The molecule has 0 spiro atoms. The second kappa shape index (κ2) is 5.57. The number of halogens is 1. The second-order valence-electron chi connectivity index (χ2n) is 4.90. The van der Waals surface area contributed by atoms with Crippen LogP contribution in [0.4, 0.5) is 0 Å². The molecule has 5 N–H and O–H groups in total. The smallest absolute Gasteiger partial charge is 0.280 e. The summed E-state index contributed by atoms with van der Waals surface area (Å²) in [7, 11) is 0. The molecule has 10 nitrogen and oxygen atoms in total. The minimum atomic E-state index is -1.55. The van der Waals surface area contributed by atoms with Crippen LogP contribution in [0.15, 0.2) is 11.1 Å². The van der Waals surface area contributed by atoms with Crippen molar-refractivity contribution in [2.24, 2.45) is 0 Å². The van der Waals surface area contributed by atoms with Gasteiger partial charge in [0.25, 0.3) is 5.56 Å². The number of rotatable bonds is 2. The van der Waals surface area contributed by atoms with Crippen LogP contribution in [0.5, 0.6) is 0 Å². The van der Waals surface area contributed by atoms with Gasteiger partial charge in [-0.25, -0.2) is 4.98 Å². The molecule has 0 aromatic carbocycles. The van der Waals surface area contributed by atoms with Crippen LogP contribution in [0.2, 0.25) is 5.28 Å². The highest BCUT2D eigenvalue weighted by molar-refractivity contribution is 6.28. The molecule has 0 radical (unpaired) electrons. The van der Waals surface area contributed by atoms with Gasteiger partial charge in [-0.1, -0.05) is 0 Å². The zero-order chi connectivity index (χ0) is 16.0. The molecular weight excluding hydrogens is 320 g/mol. The number of aromatic nitrogens is 4. The Hall–Kier alpha value is -1.56. The molecule has 0 amide bonds. The van der Waals surface area contributed by atoms with E-state index in [-0.39, 0.29) is 16.4 Å². The van der Waals surface area contributed by atoms with Crippen LogP contribution in [0.1, 0.15) is 6.23 Å². The van der Waals surface area contributed by atoms with Crippen LogP contribution in [-0.2, 0) is 4.74 Å². The molecule has 2 aromatic heterocycles. The molecule has 11 heteroatoms. The number of fused-ring (bicyclic) bond motifs is 1. The lowest BCUT2D eigenvalue weighted by Crippen LogP contribution is -2.56. The van der Waals surface area contributed by atoms with Gasteiger partial charge >= 0.3 is 0 Å². The molecule has 3 rings (SSSR count). The van der Waals surface area contributed by atoms with Crippen molar-refractivity contribution in [3.63, 3.8) is 0 Å². The van der Waals surface area contributed by atoms with Crippen LogP contribution >= 0.6 is 11.6 Å². The Morgan fingerprint density at radius 2 is 2.05 bits per heavy atom. The van der Waals surface area contributed by atoms with E-state index in [4.69, 9.17) is 16.3 Å². The Balaban J connectivity index is 2.08. The van der Waals surface area contributed by atoms with Crippen molar-refractivity contribution in [2.75, 3.05) is 6.61 Å². The van der Waals surface area contributed by atoms with Gasteiger partial charge in [0.2, 0.25) is 5.28 Å². The quantitative estimate of drug-likeness (QED) is 0.386. The first-order valence-electron chi connectivity index (χ1n) is 6.37. The van der Waals surface area contributed by atoms with Gasteiger partial charge in [0, 0.05) is 0 Å². The average molecular weight is 333 g/mol. The summed E-state index contributed by atoms with van der Waals surface area (Å²) < 4.78 is 6.59. The van der Waals surface area contributed by atoms with Crippen LogP contribution in [0.3, 0.4) is 0 Å². The molecule has 1 unspecified atom stereocenters. The van der Waals surface area contributed by atoms with E-state index >= 15 is 0 Å². The van der Waals surface area contributed by atoms with Gasteiger partial charge in [0.1, 0.15) is 24.4 Å². The molecule has 5 atom stereocenters. The Bertz CT molecular complexity index is 746. The summed E-state index contributed by atoms with van der Waals surface area (Å²) in [6, 6.07) is 0. The van der Waals surface area contributed by atoms with Crippen molar-refractivity contribution in [3.05, 3.63) is 22.0 Å². The molecule has 1 fully saturated rings. The van der Waals surface area contributed by atoms with Crippen molar-refractivity contribution in [3.8, 4) is 0 Å². The fraction of sp³-hybridized carbons (Fsp3) is 0.545. The van der Waals surface area contributed by atoms with Crippen LogP contribution in [-0.4, -0.2) is 71.0 Å². The number of ether oxygens (including phenoxy) is 1. The van der Waals surface area contributed by atoms with Gasteiger partial charge in [-0.15, -0.1) is 0 Å². The lowest BCUT2D eigenvalue weighted by molar-refractivity contribution is -0.250. The van der Waals surface area contributed by atoms with Gasteiger partial charge in [-0.2, -0.15) is 4.98 Å². The first-order chi connectivity index (χ1) is 10.4. The van der Waals surface area contributed by atoms with Crippen LogP contribution in [0.25, 0.3) is 11.2 Å². The summed E-state index contributed by atoms with van der Waals surface area (Å²) >= 11 is 5.70. The van der Waals surface area contributed by atoms with E-state index in [1.807, 2.05) is 0 Å². The van der Waals surface area contributed by atoms with Crippen molar-refractivity contribution < 1.29 is 25.2 Å². The largest absolute Gasteiger partial charge is 0.394 e. The fourth-order valence-corrected chi connectivity index (χ4v) is 2.56. The topological polar surface area (TPSA) is 154 Å². The minimum absolute atomic E-state index is 0.0265. The first kappa shape index (κ1) is 15.3. The van der Waals surface area contributed by atoms with Crippen molar-refractivity contribution in [2.45, 2.75) is 30.6 Å². The molecule has 3 heterocycles. The maximum atomic E-state index is 11.7. The van der Waals surface area contributed by atoms with E-state index in [0.717, 1.165) is 0 Å². The standard InChI is InChI=1S/C11H13ClN4O6/c12-11-14-8-4(9(21)15-11)13-2-16(8)10-7(20)6(19)5(18)3(1-17)22-10/h2-3,5-7,10,17-20H,1H2,(H,14,15,21)/t3?,5-,6+,7-,10-/m1/s1. The molecule has 2 aromatic rings. The number of hydrogen-bond donors (Lipinski definition) is 5. The van der Waals surface area contributed by atoms with Crippen molar-refractivity contribution in [1.82, 2.24) is 19.5 Å². The Labute approximate surface area is 127 Å². The van der Waals surface area contributed by atoms with E-state index < -0.39 is 42.8 Å². The highest BCUT2D eigenvalue weighted by Gasteiger charge is 2.44. The molecule has 1 aliphatic rings. The first-order valence-corrected chi connectivity index (χ1v) is 6.74. The Morgan fingerprint density at radius 3 is 2.73 bits per heavy atom. The number of aromatic amines is 1. The second-order valence-corrected chi connectivity index (χ2v) is 5.26. The predicted molar refractivity (Wildman–Crippen MR) is 72.2 cm³/mol. The molecule has 0 aliphatic carbocycles. The molecule has 1 aliphatic heterocycles. The normalized spacial score (nSPS) is 32.5. The monoisotopic (exact) mass is 332 g/mol. The fourth-order valence-electron chi connectivity index (χ4n) is 2.40. The number of nitrogens with zero attached hydrogens (tertiary/aromatic N) is 3. The lowest BCUT2D eigenvalue weighted by Gasteiger charge is -2.40. The van der Waals surface area contributed by atoms with E-state index in [2.05, 4.69) is 15.0 Å². The van der Waals surface area contributed by atoms with Gasteiger partial charge in [0.15, 0.2) is 17.4 Å². The maximum absolute atomic E-state index is 11.7. The SMILES string of the molecule is O=c1[nH]c(Cl)nc2c1ncn2[C@@H]1OC(CO)[C@@H](O)[C@H](O)[C@H]1O. The molecule has 1 saturated heterocycles. The summed E-state index contributed by atoms with van der Waals surface area (Å²) in [4.78, 5) is 21.8. The van der Waals surface area contributed by atoms with Gasteiger partial charge in [-0.05, 0) is 11.6 Å². The number of H-pyrrole nitrogens is 1. The minimum Gasteiger partial charge on any atom is -0.394 e. The van der Waals surface area contributed by atoms with E-state index in [9.17, 15) is 25.2 Å². The maximum Gasteiger partial charge on any atom is 0.280 e. The van der Waals surface area contributed by atoms with Crippen molar-refractivity contribution in [1.29, 1.82) is 0 Å².